The molecule has 1 aliphatic heterocycles. The van der Waals surface area contributed by atoms with E-state index in [1.165, 1.54) is 0 Å². The van der Waals surface area contributed by atoms with Crippen LogP contribution in [0.25, 0.3) is 4.96 Å². The monoisotopic (exact) mass is 460 g/mol. The maximum atomic E-state index is 13.4. The molecule has 1 saturated heterocycles. The first-order valence-electron chi connectivity index (χ1n) is 10.8. The molecule has 168 valence electrons. The Kier molecular flexibility index (Phi) is 5.89. The van der Waals surface area contributed by atoms with Crippen molar-refractivity contribution in [2.45, 2.75) is 13.3 Å². The second-order valence-corrected chi connectivity index (χ2v) is 8.80. The van der Waals surface area contributed by atoms with Crippen molar-refractivity contribution in [1.29, 1.82) is 0 Å². The number of piperazine rings is 1. The van der Waals surface area contributed by atoms with E-state index >= 15 is 0 Å². The summed E-state index contributed by atoms with van der Waals surface area (Å²) in [6.45, 7) is 4.19. The molecule has 4 heterocycles. The molecule has 0 unspecified atom stereocenters. The molecule has 4 aromatic rings. The molecule has 0 radical (unpaired) electrons. The molecule has 8 nitrogen and oxygen atoms in total. The Morgan fingerprint density at radius 2 is 1.76 bits per heavy atom. The molecular formula is C24H24N6O2S. The number of hydrazine groups is 1. The minimum atomic E-state index is -0.0993. The number of aryl methyl sites for hydroxylation is 1. The van der Waals surface area contributed by atoms with Crippen LogP contribution in [0.2, 0.25) is 0 Å². The van der Waals surface area contributed by atoms with Gasteiger partial charge in [0.15, 0.2) is 4.96 Å². The fraction of sp³-hybridized carbons (Fsp3) is 0.250. The van der Waals surface area contributed by atoms with Gasteiger partial charge < -0.3 is 4.90 Å². The predicted molar refractivity (Wildman–Crippen MR) is 127 cm³/mol. The first-order valence-corrected chi connectivity index (χ1v) is 11.7. The molecule has 5 rings (SSSR count). The summed E-state index contributed by atoms with van der Waals surface area (Å²) in [7, 11) is 0. The van der Waals surface area contributed by atoms with Gasteiger partial charge in [0, 0.05) is 61.4 Å². The highest BCUT2D eigenvalue weighted by molar-refractivity contribution is 7.15. The molecule has 2 amide bonds. The van der Waals surface area contributed by atoms with E-state index in [-0.39, 0.29) is 11.8 Å². The lowest BCUT2D eigenvalue weighted by molar-refractivity contribution is -0.132. The number of imidazole rings is 1. The third kappa shape index (κ3) is 4.37. The van der Waals surface area contributed by atoms with Crippen LogP contribution in [-0.4, -0.2) is 62.3 Å². The van der Waals surface area contributed by atoms with Crippen molar-refractivity contribution in [3.63, 3.8) is 0 Å². The van der Waals surface area contributed by atoms with Gasteiger partial charge in [-0.25, -0.2) is 15.0 Å². The molecular weight excluding hydrogens is 436 g/mol. The summed E-state index contributed by atoms with van der Waals surface area (Å²) >= 11 is 1.55. The topological polar surface area (TPSA) is 74.1 Å². The second kappa shape index (κ2) is 9.13. The quantitative estimate of drug-likeness (QED) is 0.458. The van der Waals surface area contributed by atoms with Gasteiger partial charge in [0.25, 0.3) is 5.91 Å². The number of rotatable bonds is 5. The minimum absolute atomic E-state index is 0.0885. The Hall–Kier alpha value is -3.56. The molecule has 0 spiro atoms. The van der Waals surface area contributed by atoms with Crippen molar-refractivity contribution < 1.29 is 9.59 Å². The van der Waals surface area contributed by atoms with Crippen molar-refractivity contribution >= 4 is 33.8 Å². The molecule has 1 aliphatic rings. The highest BCUT2D eigenvalue weighted by atomic mass is 32.1. The number of carbonyl (C=O) groups excluding carboxylic acids is 2. The van der Waals surface area contributed by atoms with Crippen LogP contribution in [0.4, 0.5) is 5.69 Å². The lowest BCUT2D eigenvalue weighted by Crippen LogP contribution is -2.57. The lowest BCUT2D eigenvalue weighted by Gasteiger charge is -2.41. The van der Waals surface area contributed by atoms with Crippen LogP contribution >= 0.6 is 11.3 Å². The largest absolute Gasteiger partial charge is 0.340 e. The van der Waals surface area contributed by atoms with E-state index in [2.05, 4.69) is 9.97 Å². The normalized spacial score (nSPS) is 14.5. The average molecular weight is 461 g/mol. The Balaban J connectivity index is 1.29. The Labute approximate surface area is 195 Å². The van der Waals surface area contributed by atoms with Crippen LogP contribution in [0.5, 0.6) is 0 Å². The predicted octanol–water partition coefficient (Wildman–Crippen LogP) is 3.05. The number of thiazole rings is 1. The molecule has 0 aliphatic carbocycles. The fourth-order valence-corrected chi connectivity index (χ4v) is 5.00. The van der Waals surface area contributed by atoms with Crippen LogP contribution < -0.4 is 5.01 Å². The van der Waals surface area contributed by atoms with Gasteiger partial charge in [0.2, 0.25) is 5.91 Å². The van der Waals surface area contributed by atoms with Crippen molar-refractivity contribution in [2.75, 3.05) is 31.2 Å². The number of hydrogen-bond acceptors (Lipinski definition) is 6. The van der Waals surface area contributed by atoms with Gasteiger partial charge in [-0.05, 0) is 31.2 Å². The first-order chi connectivity index (χ1) is 16.1. The van der Waals surface area contributed by atoms with Crippen molar-refractivity contribution in [3.05, 3.63) is 83.4 Å². The average Bonchev–Trinajstić information content (AvgIpc) is 3.40. The van der Waals surface area contributed by atoms with E-state index in [1.807, 2.05) is 75.3 Å². The van der Waals surface area contributed by atoms with E-state index in [1.54, 1.807) is 28.7 Å². The molecule has 1 fully saturated rings. The maximum Gasteiger partial charge on any atom is 0.272 e. The molecule has 0 atom stereocenters. The molecule has 1 aromatic carbocycles. The number of pyridine rings is 1. The van der Waals surface area contributed by atoms with E-state index in [4.69, 9.17) is 0 Å². The number of hydrogen-bond donors (Lipinski definition) is 0. The standard InChI is InChI=1S/C24H24N6O2S/c1-18-16-29-21(17-33-24(29)26-18)15-22(31)27-11-13-28(14-12-27)30(20-7-9-25-10-8-20)23(32)19-5-3-2-4-6-19/h2-10,16-17H,11-15H2,1H3. The van der Waals surface area contributed by atoms with Crippen LogP contribution in [0.3, 0.4) is 0 Å². The molecule has 3 aromatic heterocycles. The number of nitrogens with zero attached hydrogens (tertiary/aromatic N) is 6. The summed E-state index contributed by atoms with van der Waals surface area (Å²) in [5.41, 5.74) is 3.28. The Morgan fingerprint density at radius 1 is 1.03 bits per heavy atom. The number of benzene rings is 1. The van der Waals surface area contributed by atoms with Gasteiger partial charge >= 0.3 is 0 Å². The number of fused-ring (bicyclic) bond motifs is 1. The van der Waals surface area contributed by atoms with Crippen LogP contribution in [0.15, 0.2) is 66.4 Å². The zero-order valence-electron chi connectivity index (χ0n) is 18.3. The smallest absolute Gasteiger partial charge is 0.272 e. The van der Waals surface area contributed by atoms with Crippen LogP contribution in [-0.2, 0) is 11.2 Å². The SMILES string of the molecule is Cc1cn2c(CC(=O)N3CCN(N(C(=O)c4ccccc4)c4ccncc4)CC3)csc2n1. The molecule has 0 bridgehead atoms. The lowest BCUT2D eigenvalue weighted by atomic mass is 10.2. The summed E-state index contributed by atoms with van der Waals surface area (Å²) in [5.74, 6) is -0.0109. The summed E-state index contributed by atoms with van der Waals surface area (Å²) in [5, 5.41) is 5.71. The zero-order valence-corrected chi connectivity index (χ0v) is 19.1. The van der Waals surface area contributed by atoms with Crippen molar-refractivity contribution in [2.24, 2.45) is 0 Å². The number of carbonyl (C=O) groups is 2. The van der Waals surface area contributed by atoms with Gasteiger partial charge in [-0.3, -0.25) is 19.0 Å². The first kappa shape index (κ1) is 21.3. The Bertz CT molecular complexity index is 1260. The molecule has 9 heteroatoms. The number of anilines is 1. The second-order valence-electron chi connectivity index (χ2n) is 7.96. The minimum Gasteiger partial charge on any atom is -0.340 e. The van der Waals surface area contributed by atoms with E-state index in [0.29, 0.717) is 38.2 Å². The van der Waals surface area contributed by atoms with Crippen molar-refractivity contribution in [3.8, 4) is 0 Å². The van der Waals surface area contributed by atoms with E-state index < -0.39 is 0 Å². The maximum absolute atomic E-state index is 13.4. The summed E-state index contributed by atoms with van der Waals surface area (Å²) in [6, 6.07) is 12.9. The fourth-order valence-electron chi connectivity index (χ4n) is 4.08. The zero-order chi connectivity index (χ0) is 22.8. The van der Waals surface area contributed by atoms with Crippen LogP contribution in [0, 0.1) is 6.92 Å². The van der Waals surface area contributed by atoms with Gasteiger partial charge in [-0.1, -0.05) is 18.2 Å². The van der Waals surface area contributed by atoms with E-state index in [0.717, 1.165) is 22.0 Å². The van der Waals surface area contributed by atoms with Crippen molar-refractivity contribution in [1.82, 2.24) is 24.3 Å². The highest BCUT2D eigenvalue weighted by Gasteiger charge is 2.29. The summed E-state index contributed by atoms with van der Waals surface area (Å²) in [6.07, 6.45) is 5.67. The van der Waals surface area contributed by atoms with Gasteiger partial charge in [0.05, 0.1) is 17.8 Å². The highest BCUT2D eigenvalue weighted by Crippen LogP contribution is 2.22. The van der Waals surface area contributed by atoms with Gasteiger partial charge in [0.1, 0.15) is 0 Å². The molecule has 0 N–H and O–H groups in total. The van der Waals surface area contributed by atoms with Gasteiger partial charge in [-0.15, -0.1) is 11.3 Å². The Morgan fingerprint density at radius 3 is 2.48 bits per heavy atom. The molecule has 33 heavy (non-hydrogen) atoms. The summed E-state index contributed by atoms with van der Waals surface area (Å²) < 4.78 is 2.00. The third-order valence-electron chi connectivity index (χ3n) is 5.75. The third-order valence-corrected chi connectivity index (χ3v) is 6.64. The number of aromatic nitrogens is 3. The summed E-state index contributed by atoms with van der Waals surface area (Å²) in [4.78, 5) is 37.7. The number of amides is 2. The van der Waals surface area contributed by atoms with E-state index in [9.17, 15) is 9.59 Å². The van der Waals surface area contributed by atoms with Crippen LogP contribution in [0.1, 0.15) is 21.7 Å². The molecule has 0 saturated carbocycles. The van der Waals surface area contributed by atoms with Gasteiger partial charge in [-0.2, -0.15) is 0 Å².